The molecule has 0 spiro atoms. The molecule has 6 heteroatoms. The first kappa shape index (κ1) is 11.9. The average Bonchev–Trinajstić information content (AvgIpc) is 2.92. The van der Waals surface area contributed by atoms with Crippen LogP contribution in [0.1, 0.15) is 0 Å². The predicted octanol–water partition coefficient (Wildman–Crippen LogP) is 1.96. The number of imidazole rings is 1. The zero-order valence-corrected chi connectivity index (χ0v) is 10.9. The molecule has 0 amide bonds. The summed E-state index contributed by atoms with van der Waals surface area (Å²) in [6.45, 7) is 1.19. The summed E-state index contributed by atoms with van der Waals surface area (Å²) in [4.78, 5) is 19.4. The van der Waals surface area contributed by atoms with Crippen molar-refractivity contribution >= 4 is 23.1 Å². The summed E-state index contributed by atoms with van der Waals surface area (Å²) in [6.07, 6.45) is 5.29. The number of hydrogen-bond acceptors (Lipinski definition) is 3. The molecule has 5 nitrogen and oxygen atoms in total. The largest absolute Gasteiger partial charge is 0.336 e. The third kappa shape index (κ3) is 2.22. The van der Waals surface area contributed by atoms with Crippen LogP contribution >= 0.6 is 12.2 Å². The maximum Gasteiger partial charge on any atom is 0.262 e. The first-order valence-corrected chi connectivity index (χ1v) is 6.34. The quantitative estimate of drug-likeness (QED) is 0.741. The molecule has 2 heterocycles. The van der Waals surface area contributed by atoms with Crippen LogP contribution in [0, 0.1) is 4.77 Å². The van der Waals surface area contributed by atoms with Crippen molar-refractivity contribution in [1.29, 1.82) is 0 Å². The van der Waals surface area contributed by atoms with Crippen molar-refractivity contribution in [1.82, 2.24) is 19.1 Å². The van der Waals surface area contributed by atoms with E-state index < -0.39 is 0 Å². The third-order valence-electron chi connectivity index (χ3n) is 3.03. The van der Waals surface area contributed by atoms with Gasteiger partial charge in [-0.15, -0.1) is 0 Å². The van der Waals surface area contributed by atoms with Crippen LogP contribution in [0.5, 0.6) is 0 Å². The van der Waals surface area contributed by atoms with E-state index in [1.165, 1.54) is 0 Å². The summed E-state index contributed by atoms with van der Waals surface area (Å²) in [5, 5.41) is 0.654. The number of rotatable bonds is 3. The van der Waals surface area contributed by atoms with Crippen LogP contribution in [0.3, 0.4) is 0 Å². The second-order valence-electron chi connectivity index (χ2n) is 4.23. The van der Waals surface area contributed by atoms with Gasteiger partial charge >= 0.3 is 0 Å². The highest BCUT2D eigenvalue weighted by Gasteiger charge is 2.04. The zero-order valence-electron chi connectivity index (χ0n) is 10.1. The van der Waals surface area contributed by atoms with E-state index in [1.54, 1.807) is 23.2 Å². The van der Waals surface area contributed by atoms with Gasteiger partial charge in [0.15, 0.2) is 4.77 Å². The van der Waals surface area contributed by atoms with Crippen molar-refractivity contribution < 1.29 is 0 Å². The molecule has 3 rings (SSSR count). The molecule has 0 bridgehead atoms. The second-order valence-corrected chi connectivity index (χ2v) is 4.62. The molecule has 19 heavy (non-hydrogen) atoms. The number of H-pyrrole nitrogens is 1. The standard InChI is InChI=1S/C13H12N4OS/c18-12-10-3-1-2-4-11(10)15-13(19)17(12)8-7-16-6-5-14-9-16/h1-6,9H,7-8H2,(H,15,19). The number of benzene rings is 1. The minimum Gasteiger partial charge on any atom is -0.336 e. The van der Waals surface area contributed by atoms with Crippen molar-refractivity contribution in [3.63, 3.8) is 0 Å². The molecule has 0 saturated heterocycles. The Bertz CT molecular complexity index is 817. The Morgan fingerprint density at radius 2 is 2.11 bits per heavy atom. The summed E-state index contributed by atoms with van der Waals surface area (Å²) in [6, 6.07) is 7.38. The van der Waals surface area contributed by atoms with Crippen LogP contribution in [0.25, 0.3) is 10.9 Å². The normalized spacial score (nSPS) is 10.9. The lowest BCUT2D eigenvalue weighted by Crippen LogP contribution is -2.24. The molecule has 0 aliphatic carbocycles. The van der Waals surface area contributed by atoms with Gasteiger partial charge in [0.05, 0.1) is 17.2 Å². The van der Waals surface area contributed by atoms with E-state index >= 15 is 0 Å². The fourth-order valence-electron chi connectivity index (χ4n) is 2.04. The van der Waals surface area contributed by atoms with E-state index in [4.69, 9.17) is 12.2 Å². The molecule has 0 saturated carbocycles. The Balaban J connectivity index is 2.04. The van der Waals surface area contributed by atoms with Gasteiger partial charge in [0, 0.05) is 25.5 Å². The molecule has 3 aromatic rings. The lowest BCUT2D eigenvalue weighted by Gasteiger charge is -2.08. The van der Waals surface area contributed by atoms with Crippen LogP contribution in [-0.2, 0) is 13.1 Å². The number of nitrogens with one attached hydrogen (secondary N) is 1. The van der Waals surface area contributed by atoms with Crippen molar-refractivity contribution in [2.45, 2.75) is 13.1 Å². The number of para-hydroxylation sites is 1. The maximum atomic E-state index is 12.4. The predicted molar refractivity (Wildman–Crippen MR) is 75.6 cm³/mol. The minimum absolute atomic E-state index is 0.0561. The number of aromatic amines is 1. The fourth-order valence-corrected chi connectivity index (χ4v) is 2.32. The topological polar surface area (TPSA) is 55.6 Å². The van der Waals surface area contributed by atoms with E-state index in [0.717, 1.165) is 5.52 Å². The number of aryl methyl sites for hydroxylation is 1. The highest BCUT2D eigenvalue weighted by Crippen LogP contribution is 2.05. The molecule has 0 atom stereocenters. The van der Waals surface area contributed by atoms with Crippen molar-refractivity contribution in [2.24, 2.45) is 0 Å². The van der Waals surface area contributed by atoms with Gasteiger partial charge in [-0.25, -0.2) is 4.98 Å². The van der Waals surface area contributed by atoms with Crippen molar-refractivity contribution in [3.8, 4) is 0 Å². The summed E-state index contributed by atoms with van der Waals surface area (Å²) in [5.41, 5.74) is 0.718. The van der Waals surface area contributed by atoms with Gasteiger partial charge in [-0.1, -0.05) is 12.1 Å². The molecule has 0 aliphatic rings. The summed E-state index contributed by atoms with van der Waals surface area (Å²) >= 11 is 5.24. The van der Waals surface area contributed by atoms with Crippen molar-refractivity contribution in [3.05, 3.63) is 58.1 Å². The molecular weight excluding hydrogens is 260 g/mol. The average molecular weight is 272 g/mol. The first-order valence-electron chi connectivity index (χ1n) is 5.93. The zero-order chi connectivity index (χ0) is 13.2. The Hall–Kier alpha value is -2.21. The highest BCUT2D eigenvalue weighted by atomic mass is 32.1. The molecule has 0 fully saturated rings. The molecule has 96 valence electrons. The fraction of sp³-hybridized carbons (Fsp3) is 0.154. The van der Waals surface area contributed by atoms with Gasteiger partial charge in [-0.2, -0.15) is 0 Å². The van der Waals surface area contributed by atoms with Gasteiger partial charge in [0.1, 0.15) is 0 Å². The van der Waals surface area contributed by atoms with Gasteiger partial charge < -0.3 is 9.55 Å². The van der Waals surface area contributed by atoms with Crippen LogP contribution in [0.4, 0.5) is 0 Å². The van der Waals surface area contributed by atoms with Gasteiger partial charge in [0.25, 0.3) is 5.56 Å². The number of nitrogens with zero attached hydrogens (tertiary/aromatic N) is 3. The SMILES string of the molecule is O=c1c2ccccc2[nH]c(=S)n1CCn1ccnc1. The van der Waals surface area contributed by atoms with Crippen molar-refractivity contribution in [2.75, 3.05) is 0 Å². The summed E-state index contributed by atoms with van der Waals surface area (Å²) in [7, 11) is 0. The molecular formula is C13H12N4OS. The first-order chi connectivity index (χ1) is 9.25. The van der Waals surface area contributed by atoms with E-state index in [9.17, 15) is 4.79 Å². The highest BCUT2D eigenvalue weighted by molar-refractivity contribution is 7.71. The Morgan fingerprint density at radius 1 is 1.26 bits per heavy atom. The lowest BCUT2D eigenvalue weighted by atomic mass is 10.2. The molecule has 0 unspecified atom stereocenters. The summed E-state index contributed by atoms with van der Waals surface area (Å²) in [5.74, 6) is 0. The molecule has 1 N–H and O–H groups in total. The van der Waals surface area contributed by atoms with Gasteiger partial charge in [-0.05, 0) is 24.4 Å². The molecule has 1 aromatic carbocycles. The number of fused-ring (bicyclic) bond motifs is 1. The van der Waals surface area contributed by atoms with E-state index in [0.29, 0.717) is 23.2 Å². The summed E-state index contributed by atoms with van der Waals surface area (Å²) < 4.78 is 3.94. The monoisotopic (exact) mass is 272 g/mol. The Kier molecular flexibility index (Phi) is 3.00. The third-order valence-corrected chi connectivity index (χ3v) is 3.35. The minimum atomic E-state index is -0.0561. The molecule has 0 radical (unpaired) electrons. The molecule has 0 aliphatic heterocycles. The number of hydrogen-bond donors (Lipinski definition) is 1. The van der Waals surface area contributed by atoms with E-state index in [2.05, 4.69) is 9.97 Å². The number of aromatic nitrogens is 4. The van der Waals surface area contributed by atoms with Gasteiger partial charge in [-0.3, -0.25) is 9.36 Å². The van der Waals surface area contributed by atoms with Crippen LogP contribution in [0.2, 0.25) is 0 Å². The van der Waals surface area contributed by atoms with E-state index in [-0.39, 0.29) is 5.56 Å². The second kappa shape index (κ2) is 4.81. The Morgan fingerprint density at radius 3 is 2.89 bits per heavy atom. The maximum absolute atomic E-state index is 12.4. The smallest absolute Gasteiger partial charge is 0.262 e. The lowest BCUT2D eigenvalue weighted by molar-refractivity contribution is 0.556. The van der Waals surface area contributed by atoms with Crippen LogP contribution < -0.4 is 5.56 Å². The molecule has 2 aromatic heterocycles. The van der Waals surface area contributed by atoms with E-state index in [1.807, 2.05) is 29.0 Å². The van der Waals surface area contributed by atoms with Crippen LogP contribution in [0.15, 0.2) is 47.8 Å². The van der Waals surface area contributed by atoms with Gasteiger partial charge in [0.2, 0.25) is 0 Å². The van der Waals surface area contributed by atoms with Crippen LogP contribution in [-0.4, -0.2) is 19.1 Å². The Labute approximate surface area is 114 Å².